The molecule has 0 aliphatic carbocycles. The number of rotatable bonds is 32. The number of hydrogen-bond acceptors (Lipinski definition) is 1. The van der Waals surface area contributed by atoms with E-state index in [0.717, 1.165) is 6.54 Å². The van der Waals surface area contributed by atoms with Crippen LogP contribution in [0.1, 0.15) is 206 Å². The summed E-state index contributed by atoms with van der Waals surface area (Å²) in [5, 5.41) is 3.42. The molecule has 212 valence electrons. The first kappa shape index (κ1) is 35.0. The average molecular weight is 494 g/mol. The molecule has 0 aromatic rings. The summed E-state index contributed by atoms with van der Waals surface area (Å²) in [6.07, 6.45) is 44.2. The lowest BCUT2D eigenvalue weighted by Crippen LogP contribution is -2.13. The van der Waals surface area contributed by atoms with Crippen molar-refractivity contribution in [1.29, 1.82) is 0 Å². The average Bonchev–Trinajstić information content (AvgIpc) is 2.87. The molecule has 0 bridgehead atoms. The maximum absolute atomic E-state index is 3.42. The predicted molar refractivity (Wildman–Crippen MR) is 163 cm³/mol. The van der Waals surface area contributed by atoms with Gasteiger partial charge in [-0.25, -0.2) is 0 Å². The number of unbranched alkanes of at least 4 members (excludes halogenated alkanes) is 29. The van der Waals surface area contributed by atoms with Gasteiger partial charge in [-0.1, -0.05) is 200 Å². The predicted octanol–water partition coefficient (Wildman–Crippen LogP) is 12.3. The summed E-state index contributed by atoms with van der Waals surface area (Å²) in [6, 6.07) is 0. The summed E-state index contributed by atoms with van der Waals surface area (Å²) in [5.41, 5.74) is 0. The molecule has 1 N–H and O–H groups in total. The Morgan fingerprint density at radius 2 is 0.457 bits per heavy atom. The molecular weight excluding hydrogens is 422 g/mol. The van der Waals surface area contributed by atoms with Crippen LogP contribution in [0.15, 0.2) is 0 Å². The third-order valence-corrected chi connectivity index (χ3v) is 7.96. The molecular formula is C34H71N. The number of nitrogens with one attached hydrogen (secondary N) is 1. The highest BCUT2D eigenvalue weighted by molar-refractivity contribution is 4.53. The van der Waals surface area contributed by atoms with Crippen LogP contribution in [-0.4, -0.2) is 13.1 Å². The zero-order valence-corrected chi connectivity index (χ0v) is 25.1. The van der Waals surface area contributed by atoms with Gasteiger partial charge in [0.05, 0.1) is 0 Å². The van der Waals surface area contributed by atoms with E-state index in [0.29, 0.717) is 0 Å². The van der Waals surface area contributed by atoms with Gasteiger partial charge in [0.25, 0.3) is 0 Å². The van der Waals surface area contributed by atoms with Gasteiger partial charge in [0, 0.05) is 0 Å². The molecule has 0 spiro atoms. The van der Waals surface area contributed by atoms with Crippen molar-refractivity contribution in [2.75, 3.05) is 13.1 Å². The van der Waals surface area contributed by atoms with Crippen LogP contribution < -0.4 is 5.32 Å². The fraction of sp³-hybridized carbons (Fsp3) is 1.00. The Hall–Kier alpha value is -0.0400. The van der Waals surface area contributed by atoms with Crippen molar-refractivity contribution in [1.82, 2.24) is 5.32 Å². The van der Waals surface area contributed by atoms with Crippen molar-refractivity contribution < 1.29 is 0 Å². The first-order valence-electron chi connectivity index (χ1n) is 17.1. The molecule has 0 aromatic heterocycles. The van der Waals surface area contributed by atoms with E-state index in [1.807, 2.05) is 0 Å². The third-order valence-electron chi connectivity index (χ3n) is 7.96. The molecule has 35 heavy (non-hydrogen) atoms. The van der Waals surface area contributed by atoms with Crippen LogP contribution in [0.5, 0.6) is 0 Å². The normalized spacial score (nSPS) is 11.5. The Bertz CT molecular complexity index is 307. The molecule has 0 rings (SSSR count). The molecule has 0 amide bonds. The molecule has 0 saturated carbocycles. The van der Waals surface area contributed by atoms with Gasteiger partial charge in [-0.2, -0.15) is 0 Å². The summed E-state index contributed by atoms with van der Waals surface area (Å²) in [4.78, 5) is 0. The Morgan fingerprint density at radius 1 is 0.257 bits per heavy atom. The van der Waals surface area contributed by atoms with Crippen LogP contribution in [0.25, 0.3) is 0 Å². The minimum Gasteiger partial charge on any atom is -0.317 e. The Kier molecular flexibility index (Phi) is 33.9. The summed E-state index contributed by atoms with van der Waals surface area (Å²) < 4.78 is 0. The quantitative estimate of drug-likeness (QED) is 0.0918. The van der Waals surface area contributed by atoms with Crippen LogP contribution in [0.3, 0.4) is 0 Å². The molecule has 0 aliphatic heterocycles. The lowest BCUT2D eigenvalue weighted by atomic mass is 10.0. The Balaban J connectivity index is 3.00. The molecule has 0 aromatic carbocycles. The fourth-order valence-electron chi connectivity index (χ4n) is 5.45. The van der Waals surface area contributed by atoms with Crippen molar-refractivity contribution in [3.05, 3.63) is 0 Å². The smallest absolute Gasteiger partial charge is 0.00490 e. The topological polar surface area (TPSA) is 12.0 Å². The molecule has 0 unspecified atom stereocenters. The SMILES string of the molecule is CCCCCCCCCCCCCCCCCCCCCCCCCCCCCCCCNCC. The fourth-order valence-corrected chi connectivity index (χ4v) is 5.45. The summed E-state index contributed by atoms with van der Waals surface area (Å²) >= 11 is 0. The zero-order chi connectivity index (χ0) is 25.3. The summed E-state index contributed by atoms with van der Waals surface area (Å²) in [5.74, 6) is 0. The second-order valence-corrected chi connectivity index (χ2v) is 11.6. The van der Waals surface area contributed by atoms with Gasteiger partial charge in [0.15, 0.2) is 0 Å². The lowest BCUT2D eigenvalue weighted by molar-refractivity contribution is 0.512. The summed E-state index contributed by atoms with van der Waals surface area (Å²) in [7, 11) is 0. The molecule has 1 nitrogen and oxygen atoms in total. The third kappa shape index (κ3) is 34.0. The van der Waals surface area contributed by atoms with Crippen LogP contribution in [0.2, 0.25) is 0 Å². The molecule has 1 heteroatoms. The maximum Gasteiger partial charge on any atom is -0.00490 e. The van der Waals surface area contributed by atoms with Crippen molar-refractivity contribution >= 4 is 0 Å². The molecule has 0 heterocycles. The van der Waals surface area contributed by atoms with Gasteiger partial charge >= 0.3 is 0 Å². The number of hydrogen-bond donors (Lipinski definition) is 1. The second kappa shape index (κ2) is 34.0. The minimum absolute atomic E-state index is 1.12. The van der Waals surface area contributed by atoms with Crippen molar-refractivity contribution in [3.63, 3.8) is 0 Å². The second-order valence-electron chi connectivity index (χ2n) is 11.6. The van der Waals surface area contributed by atoms with E-state index < -0.39 is 0 Å². The van der Waals surface area contributed by atoms with Crippen molar-refractivity contribution in [2.45, 2.75) is 206 Å². The maximum atomic E-state index is 3.42. The van der Waals surface area contributed by atoms with Crippen LogP contribution in [0, 0.1) is 0 Å². The molecule has 0 saturated heterocycles. The highest BCUT2D eigenvalue weighted by Crippen LogP contribution is 2.16. The standard InChI is InChI=1S/C34H71N/c1-3-5-6-7-8-9-10-11-12-13-14-15-16-17-18-19-20-21-22-23-24-25-26-27-28-29-30-31-32-33-34-35-4-2/h35H,3-34H2,1-2H3. The first-order valence-corrected chi connectivity index (χ1v) is 17.1. The molecule has 0 fully saturated rings. The van der Waals surface area contributed by atoms with Crippen LogP contribution in [-0.2, 0) is 0 Å². The summed E-state index contributed by atoms with van der Waals surface area (Å²) in [6.45, 7) is 6.85. The Labute approximate surface area is 224 Å². The van der Waals surface area contributed by atoms with E-state index in [2.05, 4.69) is 19.2 Å². The highest BCUT2D eigenvalue weighted by atomic mass is 14.8. The monoisotopic (exact) mass is 494 g/mol. The van der Waals surface area contributed by atoms with Gasteiger partial charge in [-0.05, 0) is 19.5 Å². The van der Waals surface area contributed by atoms with Gasteiger partial charge in [0.1, 0.15) is 0 Å². The van der Waals surface area contributed by atoms with Crippen LogP contribution >= 0.6 is 0 Å². The van der Waals surface area contributed by atoms with Gasteiger partial charge in [0.2, 0.25) is 0 Å². The lowest BCUT2D eigenvalue weighted by Gasteiger charge is -2.05. The van der Waals surface area contributed by atoms with E-state index in [4.69, 9.17) is 0 Å². The van der Waals surface area contributed by atoms with Crippen molar-refractivity contribution in [2.24, 2.45) is 0 Å². The van der Waals surface area contributed by atoms with E-state index in [1.54, 1.807) is 0 Å². The first-order chi connectivity index (χ1) is 17.4. The van der Waals surface area contributed by atoms with E-state index >= 15 is 0 Å². The van der Waals surface area contributed by atoms with Crippen molar-refractivity contribution in [3.8, 4) is 0 Å². The largest absolute Gasteiger partial charge is 0.317 e. The molecule has 0 aliphatic rings. The minimum atomic E-state index is 1.12. The van der Waals surface area contributed by atoms with Gasteiger partial charge in [-0.15, -0.1) is 0 Å². The molecule has 0 radical (unpaired) electrons. The van der Waals surface area contributed by atoms with E-state index in [-0.39, 0.29) is 0 Å². The Morgan fingerprint density at radius 3 is 0.657 bits per heavy atom. The van der Waals surface area contributed by atoms with Crippen LogP contribution in [0.4, 0.5) is 0 Å². The van der Waals surface area contributed by atoms with Gasteiger partial charge < -0.3 is 5.32 Å². The van der Waals surface area contributed by atoms with E-state index in [9.17, 15) is 0 Å². The zero-order valence-electron chi connectivity index (χ0n) is 25.1. The highest BCUT2D eigenvalue weighted by Gasteiger charge is 1.97. The molecule has 0 atom stereocenters. The van der Waals surface area contributed by atoms with E-state index in [1.165, 1.54) is 199 Å². The van der Waals surface area contributed by atoms with Gasteiger partial charge in [-0.3, -0.25) is 0 Å².